The van der Waals surface area contributed by atoms with Crippen molar-refractivity contribution in [3.8, 4) is 16.8 Å². The Bertz CT molecular complexity index is 3620. The first-order valence-corrected chi connectivity index (χ1v) is 20.6. The maximum atomic E-state index is 6.90. The second kappa shape index (κ2) is 12.0. The molecule has 5 aromatic heterocycles. The number of furan rings is 2. The van der Waals surface area contributed by atoms with E-state index in [1.807, 2.05) is 12.4 Å². The van der Waals surface area contributed by atoms with E-state index in [-0.39, 0.29) is 0 Å². The second-order valence-electron chi connectivity index (χ2n) is 16.8. The van der Waals surface area contributed by atoms with Crippen molar-refractivity contribution < 1.29 is 8.83 Å². The van der Waals surface area contributed by atoms with E-state index in [0.717, 1.165) is 78.8 Å². The molecule has 0 spiro atoms. The lowest BCUT2D eigenvalue weighted by Gasteiger charge is -2.33. The monoisotopic (exact) mass is 775 g/mol. The molecule has 0 N–H and O–H groups in total. The Morgan fingerprint density at radius 3 is 2.10 bits per heavy atom. The predicted molar refractivity (Wildman–Crippen MR) is 243 cm³/mol. The third kappa shape index (κ3) is 4.46. The number of hydrogen-bond acceptors (Lipinski definition) is 5. The van der Waals surface area contributed by atoms with Crippen LogP contribution in [0.3, 0.4) is 0 Å². The number of aromatic nitrogens is 4. The lowest BCUT2D eigenvalue weighted by atomic mass is 9.77. The van der Waals surface area contributed by atoms with Gasteiger partial charge in [-0.15, -0.1) is 0 Å². The van der Waals surface area contributed by atoms with E-state index in [1.54, 1.807) is 0 Å². The number of benzene rings is 6. The van der Waals surface area contributed by atoms with E-state index >= 15 is 0 Å². The van der Waals surface area contributed by atoms with Gasteiger partial charge in [0, 0.05) is 56.2 Å². The molecule has 13 rings (SSSR count). The fraction of sp³-hybridized carbons (Fsp3) is 0.113. The zero-order valence-electron chi connectivity index (χ0n) is 33.1. The molecule has 0 bridgehead atoms. The molecule has 7 nitrogen and oxygen atoms in total. The summed E-state index contributed by atoms with van der Waals surface area (Å²) in [6.45, 7) is 5.11. The smallest absolute Gasteiger partial charge is 0.229 e. The summed E-state index contributed by atoms with van der Waals surface area (Å²) in [5.41, 5.74) is 12.0. The number of para-hydroxylation sites is 3. The van der Waals surface area contributed by atoms with E-state index < -0.39 is 11.0 Å². The Balaban J connectivity index is 0.928. The van der Waals surface area contributed by atoms with Crippen molar-refractivity contribution in [1.29, 1.82) is 0 Å². The summed E-state index contributed by atoms with van der Waals surface area (Å²) in [6.07, 6.45) is 10.7. The van der Waals surface area contributed by atoms with Crippen LogP contribution < -0.4 is 0 Å². The summed E-state index contributed by atoms with van der Waals surface area (Å²) in [6, 6.07) is 48.5. The van der Waals surface area contributed by atoms with Gasteiger partial charge in [0.15, 0.2) is 0 Å². The van der Waals surface area contributed by atoms with Crippen LogP contribution in [0.15, 0.2) is 166 Å². The Kier molecular flexibility index (Phi) is 6.70. The highest BCUT2D eigenvalue weighted by Gasteiger charge is 2.40. The van der Waals surface area contributed by atoms with Crippen LogP contribution in [-0.2, 0) is 11.0 Å². The van der Waals surface area contributed by atoms with Crippen molar-refractivity contribution in [3.63, 3.8) is 0 Å². The van der Waals surface area contributed by atoms with Crippen LogP contribution in [0.4, 0.5) is 0 Å². The van der Waals surface area contributed by atoms with E-state index in [4.69, 9.17) is 13.8 Å². The third-order valence-electron chi connectivity index (χ3n) is 13.4. The average Bonchev–Trinajstić information content (AvgIpc) is 4.05. The first-order valence-electron chi connectivity index (χ1n) is 20.6. The molecular formula is C53H37N5O2. The van der Waals surface area contributed by atoms with Crippen LogP contribution in [0, 0.1) is 0 Å². The fourth-order valence-electron chi connectivity index (χ4n) is 10.4. The topological polar surface area (TPSA) is 74.3 Å². The second-order valence-corrected chi connectivity index (χ2v) is 16.8. The summed E-state index contributed by atoms with van der Waals surface area (Å²) in [7, 11) is 0. The van der Waals surface area contributed by atoms with Crippen LogP contribution >= 0.6 is 0 Å². The summed E-state index contributed by atoms with van der Waals surface area (Å²) in [4.78, 5) is 13.5. The zero-order chi connectivity index (χ0) is 39.7. The molecule has 0 radical (unpaired) electrons. The maximum Gasteiger partial charge on any atom is 0.229 e. The minimum absolute atomic E-state index is 0.408. The fourth-order valence-corrected chi connectivity index (χ4v) is 10.4. The van der Waals surface area contributed by atoms with E-state index in [1.165, 1.54) is 38.9 Å². The van der Waals surface area contributed by atoms with Crippen LogP contribution in [-0.4, -0.2) is 31.9 Å². The van der Waals surface area contributed by atoms with Crippen molar-refractivity contribution in [2.75, 3.05) is 6.54 Å². The summed E-state index contributed by atoms with van der Waals surface area (Å²) >= 11 is 0. The van der Waals surface area contributed by atoms with Gasteiger partial charge in [0.05, 0.1) is 39.4 Å². The molecule has 11 aromatic rings. The minimum atomic E-state index is -0.478. The van der Waals surface area contributed by atoms with Gasteiger partial charge in [-0.1, -0.05) is 91.0 Å². The van der Waals surface area contributed by atoms with Gasteiger partial charge in [-0.25, -0.2) is 9.97 Å². The highest BCUT2D eigenvalue weighted by atomic mass is 16.3. The molecule has 6 heterocycles. The number of hydrogen-bond donors (Lipinski definition) is 0. The third-order valence-corrected chi connectivity index (χ3v) is 13.4. The van der Waals surface area contributed by atoms with Gasteiger partial charge in [0.1, 0.15) is 29.0 Å². The molecule has 60 heavy (non-hydrogen) atoms. The Morgan fingerprint density at radius 2 is 1.30 bits per heavy atom. The molecule has 6 aromatic carbocycles. The first kappa shape index (κ1) is 33.5. The quantitative estimate of drug-likeness (QED) is 0.178. The molecule has 286 valence electrons. The Labute approximate surface area is 344 Å². The summed E-state index contributed by atoms with van der Waals surface area (Å²) in [5.74, 6) is 1.88. The SMILES string of the molecule is CC1(c2cccc(-n3c4ccccc4c4cc(-c5ccc6oc7c(c6c5)C=CCC7(C)n5c6ccccc6c6ccccc65)ccc43)c2)CN=Cc2c1oc1ncncc21. The molecule has 7 heteroatoms. The van der Waals surface area contributed by atoms with Gasteiger partial charge in [0.2, 0.25) is 5.71 Å². The molecule has 2 unspecified atom stereocenters. The first-order chi connectivity index (χ1) is 29.5. The number of allylic oxidation sites excluding steroid dienone is 1. The maximum absolute atomic E-state index is 6.90. The van der Waals surface area contributed by atoms with Crippen molar-refractivity contribution >= 4 is 78.0 Å². The van der Waals surface area contributed by atoms with Gasteiger partial charge in [-0.2, -0.15) is 0 Å². The number of nitrogens with zero attached hydrogens (tertiary/aromatic N) is 5. The van der Waals surface area contributed by atoms with Crippen LogP contribution in [0.1, 0.15) is 48.5 Å². The van der Waals surface area contributed by atoms with Crippen LogP contribution in [0.5, 0.6) is 0 Å². The van der Waals surface area contributed by atoms with Crippen molar-refractivity contribution in [1.82, 2.24) is 19.1 Å². The molecule has 2 atom stereocenters. The normalized spacial score (nSPS) is 18.7. The zero-order valence-corrected chi connectivity index (χ0v) is 33.1. The number of fused-ring (bicyclic) bond motifs is 12. The van der Waals surface area contributed by atoms with Crippen LogP contribution in [0.2, 0.25) is 0 Å². The van der Waals surface area contributed by atoms with Gasteiger partial charge in [-0.05, 0) is 91.6 Å². The Hall–Kier alpha value is -7.51. The van der Waals surface area contributed by atoms with Crippen molar-refractivity contribution in [3.05, 3.63) is 180 Å². The highest BCUT2D eigenvalue weighted by Crippen LogP contribution is 2.47. The molecule has 1 aliphatic carbocycles. The lowest BCUT2D eigenvalue weighted by molar-refractivity contribution is 0.334. The van der Waals surface area contributed by atoms with Gasteiger partial charge < -0.3 is 18.0 Å². The lowest BCUT2D eigenvalue weighted by Crippen LogP contribution is -2.32. The standard InChI is InChI=1S/C53H37N5O2/c1-52(30-54-28-42-43-29-55-31-56-51(43)60-49(42)52)34-11-9-12-35(27-34)57-44-17-6-3-15-38(44)40-25-32(20-22-45(40)57)33-21-23-48-41(26-33)39-16-10-24-53(2,50(39)59-48)58-46-18-7-4-13-36(46)37-14-5-8-19-47(37)58/h3-23,25-29,31H,24,30H2,1-2H3. The van der Waals surface area contributed by atoms with Gasteiger partial charge in [-0.3, -0.25) is 4.99 Å². The van der Waals surface area contributed by atoms with E-state index in [9.17, 15) is 0 Å². The number of aliphatic imine (C=N–C) groups is 1. The largest absolute Gasteiger partial charge is 0.458 e. The average molecular weight is 776 g/mol. The molecular weight excluding hydrogens is 739 g/mol. The van der Waals surface area contributed by atoms with Crippen molar-refractivity contribution in [2.24, 2.45) is 4.99 Å². The Morgan fingerprint density at radius 1 is 0.600 bits per heavy atom. The van der Waals surface area contributed by atoms with Crippen LogP contribution in [0.25, 0.3) is 88.6 Å². The predicted octanol–water partition coefficient (Wildman–Crippen LogP) is 12.8. The summed E-state index contributed by atoms with van der Waals surface area (Å²) < 4.78 is 18.2. The van der Waals surface area contributed by atoms with E-state index in [2.05, 4.69) is 179 Å². The molecule has 0 amide bonds. The summed E-state index contributed by atoms with van der Waals surface area (Å²) in [5, 5.41) is 6.95. The molecule has 0 fully saturated rings. The molecule has 0 saturated carbocycles. The van der Waals surface area contributed by atoms with Gasteiger partial charge >= 0.3 is 0 Å². The minimum Gasteiger partial charge on any atom is -0.458 e. The number of rotatable bonds is 4. The van der Waals surface area contributed by atoms with Gasteiger partial charge in [0.25, 0.3) is 0 Å². The molecule has 0 saturated heterocycles. The van der Waals surface area contributed by atoms with Crippen molar-refractivity contribution in [2.45, 2.75) is 31.2 Å². The van der Waals surface area contributed by atoms with E-state index in [0.29, 0.717) is 12.3 Å². The molecule has 1 aliphatic heterocycles. The highest BCUT2D eigenvalue weighted by molar-refractivity contribution is 6.11. The molecule has 2 aliphatic rings.